The molecule has 0 radical (unpaired) electrons. The third kappa shape index (κ3) is 4.04. The largest absolute Gasteiger partial charge is 0.467 e. The third-order valence-corrected chi connectivity index (χ3v) is 4.53. The molecule has 1 aromatic heterocycles. The zero-order valence-electron chi connectivity index (χ0n) is 10.8. The Balaban J connectivity index is 1.96. The van der Waals surface area contributed by atoms with E-state index in [1.54, 1.807) is 12.1 Å². The second kappa shape index (κ2) is 6.57. The van der Waals surface area contributed by atoms with E-state index in [2.05, 4.69) is 4.72 Å². The molecule has 2 aromatic rings. The van der Waals surface area contributed by atoms with E-state index >= 15 is 0 Å². The smallest absolute Gasteiger partial charge is 0.240 e. The molecule has 0 aliphatic rings. The molecule has 0 saturated heterocycles. The van der Waals surface area contributed by atoms with Gasteiger partial charge < -0.3 is 9.52 Å². The van der Waals surface area contributed by atoms with Gasteiger partial charge in [-0.2, -0.15) is 0 Å². The summed E-state index contributed by atoms with van der Waals surface area (Å²) in [6, 6.07) is 6.35. The summed E-state index contributed by atoms with van der Waals surface area (Å²) in [7, 11) is -3.81. The van der Waals surface area contributed by atoms with Crippen molar-refractivity contribution in [3.05, 3.63) is 53.2 Å². The predicted molar refractivity (Wildman–Crippen MR) is 74.9 cm³/mol. The van der Waals surface area contributed by atoms with Crippen LogP contribution in [0, 0.1) is 5.82 Å². The number of hydrogen-bond acceptors (Lipinski definition) is 4. The normalized spacial score (nSPS) is 13.3. The summed E-state index contributed by atoms with van der Waals surface area (Å²) in [6.07, 6.45) is 0.657. The van der Waals surface area contributed by atoms with E-state index in [1.807, 2.05) is 0 Å². The molecule has 0 fully saturated rings. The minimum absolute atomic E-state index is 0.000798. The molecule has 0 aliphatic carbocycles. The first kappa shape index (κ1) is 16.0. The van der Waals surface area contributed by atoms with Gasteiger partial charge in [-0.3, -0.25) is 0 Å². The molecule has 0 aliphatic heterocycles. The molecule has 8 heteroatoms. The van der Waals surface area contributed by atoms with Gasteiger partial charge in [-0.15, -0.1) is 0 Å². The van der Waals surface area contributed by atoms with Crippen molar-refractivity contribution in [1.29, 1.82) is 0 Å². The van der Waals surface area contributed by atoms with Crippen LogP contribution in [0.25, 0.3) is 0 Å². The van der Waals surface area contributed by atoms with Gasteiger partial charge >= 0.3 is 0 Å². The molecule has 0 saturated carbocycles. The standard InChI is InChI=1S/C13H13ClFNO4S/c14-10-8-9(3-4-11(10)15)21(18,19)16-6-5-12(17)13-2-1-7-20-13/h1-4,7-8,12,16-17H,5-6H2/t12-/m1/s1. The molecule has 1 aromatic carbocycles. The fourth-order valence-electron chi connectivity index (χ4n) is 1.68. The lowest BCUT2D eigenvalue weighted by atomic mass is 10.2. The average molecular weight is 334 g/mol. The molecule has 2 rings (SSSR count). The highest BCUT2D eigenvalue weighted by Gasteiger charge is 2.17. The second-order valence-corrected chi connectivity index (χ2v) is 6.47. The monoisotopic (exact) mass is 333 g/mol. The minimum atomic E-state index is -3.81. The Labute approximate surface area is 126 Å². The van der Waals surface area contributed by atoms with E-state index in [0.717, 1.165) is 18.2 Å². The zero-order chi connectivity index (χ0) is 15.5. The van der Waals surface area contributed by atoms with Gasteiger partial charge in [0, 0.05) is 6.54 Å². The lowest BCUT2D eigenvalue weighted by molar-refractivity contribution is 0.142. The summed E-state index contributed by atoms with van der Waals surface area (Å²) < 4.78 is 44.3. The molecule has 5 nitrogen and oxygen atoms in total. The molecule has 114 valence electrons. The van der Waals surface area contributed by atoms with Gasteiger partial charge in [0.25, 0.3) is 0 Å². The van der Waals surface area contributed by atoms with Gasteiger partial charge in [-0.05, 0) is 36.8 Å². The Kier molecular flexibility index (Phi) is 5.00. The van der Waals surface area contributed by atoms with Crippen LogP contribution in [-0.2, 0) is 10.0 Å². The van der Waals surface area contributed by atoms with Crippen LogP contribution >= 0.6 is 11.6 Å². The zero-order valence-corrected chi connectivity index (χ0v) is 12.4. The predicted octanol–water partition coefficient (Wildman–Crippen LogP) is 2.47. The molecule has 0 amide bonds. The van der Waals surface area contributed by atoms with Gasteiger partial charge in [-0.25, -0.2) is 17.5 Å². The van der Waals surface area contributed by atoms with E-state index in [9.17, 15) is 17.9 Å². The Morgan fingerprint density at radius 3 is 2.76 bits per heavy atom. The lowest BCUT2D eigenvalue weighted by Gasteiger charge is -2.10. The van der Waals surface area contributed by atoms with E-state index in [1.165, 1.54) is 6.26 Å². The summed E-state index contributed by atoms with van der Waals surface area (Å²) in [5.41, 5.74) is 0. The van der Waals surface area contributed by atoms with Crippen LogP contribution in [0.2, 0.25) is 5.02 Å². The van der Waals surface area contributed by atoms with Gasteiger partial charge in [0.2, 0.25) is 10.0 Å². The highest BCUT2D eigenvalue weighted by molar-refractivity contribution is 7.89. The van der Waals surface area contributed by atoms with Gasteiger partial charge in [0.1, 0.15) is 17.7 Å². The Morgan fingerprint density at radius 1 is 1.38 bits per heavy atom. The van der Waals surface area contributed by atoms with Gasteiger partial charge in [0.05, 0.1) is 16.2 Å². The number of furan rings is 1. The fraction of sp³-hybridized carbons (Fsp3) is 0.231. The molecule has 2 N–H and O–H groups in total. The summed E-state index contributed by atoms with van der Waals surface area (Å²) >= 11 is 5.55. The first-order valence-corrected chi connectivity index (χ1v) is 7.92. The number of rotatable bonds is 6. The topological polar surface area (TPSA) is 79.5 Å². The summed E-state index contributed by atoms with van der Waals surface area (Å²) in [5.74, 6) is -0.331. The molecule has 21 heavy (non-hydrogen) atoms. The van der Waals surface area contributed by atoms with Crippen molar-refractivity contribution in [2.24, 2.45) is 0 Å². The van der Waals surface area contributed by atoms with Gasteiger partial charge in [0.15, 0.2) is 0 Å². The van der Waals surface area contributed by atoms with Crippen LogP contribution < -0.4 is 4.72 Å². The first-order chi connectivity index (χ1) is 9.90. The van der Waals surface area contributed by atoms with Crippen LogP contribution in [0.1, 0.15) is 18.3 Å². The molecular formula is C13H13ClFNO4S. The van der Waals surface area contributed by atoms with Crippen molar-refractivity contribution in [3.8, 4) is 0 Å². The number of benzene rings is 1. The summed E-state index contributed by atoms with van der Waals surface area (Å²) in [6.45, 7) is -0.000798. The summed E-state index contributed by atoms with van der Waals surface area (Å²) in [4.78, 5) is -0.138. The van der Waals surface area contributed by atoms with Crippen LogP contribution in [0.5, 0.6) is 0 Å². The highest BCUT2D eigenvalue weighted by Crippen LogP contribution is 2.20. The van der Waals surface area contributed by atoms with E-state index in [-0.39, 0.29) is 22.9 Å². The van der Waals surface area contributed by atoms with Crippen molar-refractivity contribution < 1.29 is 22.3 Å². The number of aliphatic hydroxyl groups excluding tert-OH is 1. The lowest BCUT2D eigenvalue weighted by Crippen LogP contribution is -2.26. The molecule has 0 bridgehead atoms. The number of nitrogens with one attached hydrogen (secondary N) is 1. The maximum absolute atomic E-state index is 13.0. The summed E-state index contributed by atoms with van der Waals surface area (Å²) in [5, 5.41) is 9.49. The van der Waals surface area contributed by atoms with E-state index < -0.39 is 21.9 Å². The van der Waals surface area contributed by atoms with Crippen LogP contribution in [-0.4, -0.2) is 20.1 Å². The minimum Gasteiger partial charge on any atom is -0.467 e. The molecule has 0 spiro atoms. The number of halogens is 2. The molecule has 1 atom stereocenters. The van der Waals surface area contributed by atoms with Crippen LogP contribution in [0.4, 0.5) is 4.39 Å². The Hall–Kier alpha value is -1.41. The second-order valence-electron chi connectivity index (χ2n) is 4.29. The number of hydrogen-bond donors (Lipinski definition) is 2. The van der Waals surface area contributed by atoms with Crippen molar-refractivity contribution in [1.82, 2.24) is 4.72 Å². The Morgan fingerprint density at radius 2 is 2.14 bits per heavy atom. The van der Waals surface area contributed by atoms with Gasteiger partial charge in [-0.1, -0.05) is 11.6 Å². The molecular weight excluding hydrogens is 321 g/mol. The van der Waals surface area contributed by atoms with Crippen molar-refractivity contribution in [3.63, 3.8) is 0 Å². The number of sulfonamides is 1. The number of aliphatic hydroxyl groups is 1. The SMILES string of the molecule is O=S(=O)(NCC[C@@H](O)c1ccco1)c1ccc(F)c(Cl)c1. The van der Waals surface area contributed by atoms with Crippen LogP contribution in [0.15, 0.2) is 45.9 Å². The Bertz CT molecular complexity index is 703. The highest BCUT2D eigenvalue weighted by atomic mass is 35.5. The first-order valence-electron chi connectivity index (χ1n) is 6.06. The quantitative estimate of drug-likeness (QED) is 0.851. The van der Waals surface area contributed by atoms with Crippen molar-refractivity contribution in [2.45, 2.75) is 17.4 Å². The van der Waals surface area contributed by atoms with Crippen molar-refractivity contribution in [2.75, 3.05) is 6.54 Å². The third-order valence-electron chi connectivity index (χ3n) is 2.78. The molecule has 1 heterocycles. The maximum Gasteiger partial charge on any atom is 0.240 e. The van der Waals surface area contributed by atoms with E-state index in [4.69, 9.17) is 16.0 Å². The maximum atomic E-state index is 13.0. The fourth-order valence-corrected chi connectivity index (χ4v) is 3.00. The molecule has 0 unspecified atom stereocenters. The van der Waals surface area contributed by atoms with Crippen LogP contribution in [0.3, 0.4) is 0 Å². The van der Waals surface area contributed by atoms with Crippen molar-refractivity contribution >= 4 is 21.6 Å². The van der Waals surface area contributed by atoms with E-state index in [0.29, 0.717) is 5.76 Å². The average Bonchev–Trinajstić information content (AvgIpc) is 2.95.